The molecule has 8 nitrogen and oxygen atoms in total. The van der Waals surface area contributed by atoms with Crippen LogP contribution in [0.4, 0.5) is 13.2 Å². The zero-order valence-electron chi connectivity index (χ0n) is 10.7. The second kappa shape index (κ2) is 7.20. The maximum absolute atomic E-state index is 12.4. The van der Waals surface area contributed by atoms with Gasteiger partial charge < -0.3 is 5.32 Å². The van der Waals surface area contributed by atoms with Crippen LogP contribution in [0, 0.1) is 0 Å². The molecular weight excluding hydrogens is 341 g/mol. The SMILES string of the molecule is C=C(C)C(=O)NCCS(=O)(=O)NS(=O)(=O)OC(F)(F)CF. The van der Waals surface area contributed by atoms with E-state index in [4.69, 9.17) is 0 Å². The molecule has 124 valence electrons. The first-order chi connectivity index (χ1) is 9.30. The Morgan fingerprint density at radius 3 is 2.24 bits per heavy atom. The first-order valence-electron chi connectivity index (χ1n) is 5.14. The Hall–Kier alpha value is -1.18. The third kappa shape index (κ3) is 8.64. The molecule has 0 atom stereocenters. The van der Waals surface area contributed by atoms with E-state index in [-0.39, 0.29) is 5.57 Å². The molecule has 0 saturated carbocycles. The van der Waals surface area contributed by atoms with Gasteiger partial charge in [0.25, 0.3) is 0 Å². The van der Waals surface area contributed by atoms with Gasteiger partial charge in [0, 0.05) is 12.1 Å². The number of carbonyl (C=O) groups is 1. The van der Waals surface area contributed by atoms with Crippen LogP contribution in [0.3, 0.4) is 0 Å². The molecule has 0 unspecified atom stereocenters. The number of rotatable bonds is 9. The Balaban J connectivity index is 4.61. The van der Waals surface area contributed by atoms with Crippen LogP contribution in [0.1, 0.15) is 6.92 Å². The zero-order chi connectivity index (χ0) is 16.9. The van der Waals surface area contributed by atoms with E-state index in [1.165, 1.54) is 6.92 Å². The Labute approximate surface area is 119 Å². The molecule has 0 fully saturated rings. The molecule has 1 amide bonds. The van der Waals surface area contributed by atoms with E-state index in [1.807, 2.05) is 0 Å². The van der Waals surface area contributed by atoms with Crippen molar-refractivity contribution >= 4 is 26.2 Å². The predicted molar refractivity (Wildman–Crippen MR) is 65.7 cm³/mol. The van der Waals surface area contributed by atoms with Gasteiger partial charge in [-0.1, -0.05) is 10.7 Å². The third-order valence-electron chi connectivity index (χ3n) is 1.66. The molecule has 0 radical (unpaired) electrons. The summed E-state index contributed by atoms with van der Waals surface area (Å²) in [5, 5.41) is 2.08. The second-order valence-electron chi connectivity index (χ2n) is 3.75. The van der Waals surface area contributed by atoms with Gasteiger partial charge in [0.05, 0.1) is 5.75 Å². The van der Waals surface area contributed by atoms with Crippen LogP contribution in [-0.2, 0) is 29.3 Å². The summed E-state index contributed by atoms with van der Waals surface area (Å²) in [7, 11) is -10.0. The van der Waals surface area contributed by atoms with Crippen molar-refractivity contribution in [1.82, 2.24) is 9.44 Å². The van der Waals surface area contributed by atoms with Crippen molar-refractivity contribution in [2.24, 2.45) is 0 Å². The molecule has 0 saturated heterocycles. The number of hydrogen-bond acceptors (Lipinski definition) is 6. The minimum atomic E-state index is -5.43. The zero-order valence-corrected chi connectivity index (χ0v) is 12.4. The smallest absolute Gasteiger partial charge is 0.351 e. The van der Waals surface area contributed by atoms with Crippen LogP contribution in [0.15, 0.2) is 12.2 Å². The quantitative estimate of drug-likeness (QED) is 0.535. The number of sulfonamides is 1. The Bertz CT molecular complexity index is 602. The van der Waals surface area contributed by atoms with E-state index < -0.39 is 51.3 Å². The van der Waals surface area contributed by atoms with Gasteiger partial charge in [-0.2, -0.15) is 21.4 Å². The van der Waals surface area contributed by atoms with Crippen molar-refractivity contribution < 1.29 is 39.0 Å². The van der Waals surface area contributed by atoms with Crippen LogP contribution in [0.5, 0.6) is 0 Å². The Kier molecular flexibility index (Phi) is 6.79. The van der Waals surface area contributed by atoms with Crippen molar-refractivity contribution in [2.45, 2.75) is 13.0 Å². The number of hydrogen-bond donors (Lipinski definition) is 2. The lowest BCUT2D eigenvalue weighted by atomic mass is 10.3. The van der Waals surface area contributed by atoms with Crippen LogP contribution in [0.2, 0.25) is 0 Å². The average Bonchev–Trinajstić information content (AvgIpc) is 2.25. The molecule has 0 spiro atoms. The lowest BCUT2D eigenvalue weighted by Gasteiger charge is -2.13. The molecule has 0 heterocycles. The highest BCUT2D eigenvalue weighted by molar-refractivity contribution is 8.02. The minimum Gasteiger partial charge on any atom is -0.351 e. The van der Waals surface area contributed by atoms with Gasteiger partial charge in [-0.05, 0) is 6.92 Å². The van der Waals surface area contributed by atoms with Gasteiger partial charge in [-0.15, -0.1) is 0 Å². The fraction of sp³-hybridized carbons (Fsp3) is 0.625. The van der Waals surface area contributed by atoms with E-state index >= 15 is 0 Å². The molecule has 0 aliphatic heterocycles. The number of amides is 1. The Morgan fingerprint density at radius 2 is 1.81 bits per heavy atom. The largest absolute Gasteiger partial charge is 0.398 e. The van der Waals surface area contributed by atoms with Gasteiger partial charge in [-0.3, -0.25) is 4.79 Å². The van der Waals surface area contributed by atoms with Crippen molar-refractivity contribution in [3.8, 4) is 0 Å². The lowest BCUT2D eigenvalue weighted by molar-refractivity contribution is -0.183. The first-order valence-corrected chi connectivity index (χ1v) is 8.20. The molecule has 21 heavy (non-hydrogen) atoms. The predicted octanol–water partition coefficient (Wildman–Crippen LogP) is -0.578. The summed E-state index contributed by atoms with van der Waals surface area (Å²) in [5.74, 6) is -1.61. The molecule has 2 N–H and O–H groups in total. The highest BCUT2D eigenvalue weighted by atomic mass is 32.3. The molecule has 13 heteroatoms. The van der Waals surface area contributed by atoms with Crippen LogP contribution in [-0.4, -0.2) is 47.8 Å². The summed E-state index contributed by atoms with van der Waals surface area (Å²) in [6, 6.07) is 0. The lowest BCUT2D eigenvalue weighted by Crippen LogP contribution is -2.41. The van der Waals surface area contributed by atoms with Crippen LogP contribution >= 0.6 is 0 Å². The molecule has 0 aliphatic carbocycles. The van der Waals surface area contributed by atoms with E-state index in [1.54, 1.807) is 0 Å². The van der Waals surface area contributed by atoms with Gasteiger partial charge >= 0.3 is 16.4 Å². The summed E-state index contributed by atoms with van der Waals surface area (Å²) in [5.41, 5.74) is 0.0823. The summed E-state index contributed by atoms with van der Waals surface area (Å²) >= 11 is 0. The molecule has 0 aromatic heterocycles. The average molecular weight is 354 g/mol. The van der Waals surface area contributed by atoms with E-state index in [0.29, 0.717) is 0 Å². The monoisotopic (exact) mass is 354 g/mol. The standard InChI is InChI=1S/C8H13F3N2O6S2/c1-6(2)7(14)12-3-4-20(15,16)13-21(17,18)19-8(10,11)5-9/h13H,1,3-5H2,2H3,(H,12,14). The molecular formula is C8H13F3N2O6S2. The van der Waals surface area contributed by atoms with Crippen molar-refractivity contribution in [3.05, 3.63) is 12.2 Å². The normalized spacial score (nSPS) is 13.0. The number of nitrogens with one attached hydrogen (secondary N) is 2. The molecule has 0 aliphatic rings. The summed E-state index contributed by atoms with van der Waals surface area (Å²) in [6.07, 6.45) is -4.68. The second-order valence-corrected chi connectivity index (χ2v) is 7.13. The highest BCUT2D eigenvalue weighted by Crippen LogP contribution is 2.18. The highest BCUT2D eigenvalue weighted by Gasteiger charge is 2.38. The van der Waals surface area contributed by atoms with Crippen LogP contribution in [0.25, 0.3) is 0 Å². The maximum atomic E-state index is 12.4. The van der Waals surface area contributed by atoms with E-state index in [9.17, 15) is 34.8 Å². The van der Waals surface area contributed by atoms with Gasteiger partial charge in [-0.25, -0.2) is 12.8 Å². The maximum Gasteiger partial charge on any atom is 0.398 e. The molecule has 0 aromatic carbocycles. The van der Waals surface area contributed by atoms with Crippen molar-refractivity contribution in [2.75, 3.05) is 19.0 Å². The molecule has 0 aromatic rings. The van der Waals surface area contributed by atoms with E-state index in [0.717, 1.165) is 4.13 Å². The van der Waals surface area contributed by atoms with Gasteiger partial charge in [0.2, 0.25) is 15.9 Å². The summed E-state index contributed by atoms with van der Waals surface area (Å²) in [6.45, 7) is 1.65. The van der Waals surface area contributed by atoms with Crippen LogP contribution < -0.4 is 9.44 Å². The number of halogens is 3. The van der Waals surface area contributed by atoms with Crippen molar-refractivity contribution in [3.63, 3.8) is 0 Å². The Morgan fingerprint density at radius 1 is 1.29 bits per heavy atom. The fourth-order valence-electron chi connectivity index (χ4n) is 0.847. The van der Waals surface area contributed by atoms with E-state index in [2.05, 4.69) is 16.1 Å². The van der Waals surface area contributed by atoms with Gasteiger partial charge in [0.15, 0.2) is 6.67 Å². The summed E-state index contributed by atoms with van der Waals surface area (Å²) < 4.78 is 84.9. The summed E-state index contributed by atoms with van der Waals surface area (Å²) in [4.78, 5) is 11.0. The topological polar surface area (TPSA) is 119 Å². The molecule has 0 bridgehead atoms. The third-order valence-corrected chi connectivity index (χ3v) is 4.70. The number of alkyl halides is 3. The minimum absolute atomic E-state index is 0.0823. The van der Waals surface area contributed by atoms with Crippen molar-refractivity contribution in [1.29, 1.82) is 0 Å². The number of carbonyl (C=O) groups excluding carboxylic acids is 1. The molecule has 0 rings (SSSR count). The van der Waals surface area contributed by atoms with Gasteiger partial charge in [0.1, 0.15) is 0 Å². The fourth-order valence-corrected chi connectivity index (χ4v) is 3.30. The first kappa shape index (κ1) is 19.8.